The maximum atomic E-state index is 5.44. The van der Waals surface area contributed by atoms with Gasteiger partial charge in [-0.15, -0.1) is 0 Å². The topological polar surface area (TPSA) is 51.0 Å². The number of hydrogen-bond acceptors (Lipinski definition) is 4. The first kappa shape index (κ1) is 15.5. The minimum atomic E-state index is 0.401. The molecule has 1 fully saturated rings. The highest BCUT2D eigenvalue weighted by Crippen LogP contribution is 2.36. The Morgan fingerprint density at radius 2 is 2.20 bits per heavy atom. The third-order valence-electron chi connectivity index (χ3n) is 4.43. The molecular formula is C16H29N3O. The van der Waals surface area contributed by atoms with Crippen molar-refractivity contribution in [3.8, 4) is 0 Å². The first-order chi connectivity index (χ1) is 9.72. The van der Waals surface area contributed by atoms with E-state index >= 15 is 0 Å². The second-order valence-electron chi connectivity index (χ2n) is 6.24. The van der Waals surface area contributed by atoms with Crippen LogP contribution < -0.4 is 5.32 Å². The number of nitrogens with one attached hydrogen (secondary N) is 1. The van der Waals surface area contributed by atoms with E-state index in [1.807, 2.05) is 0 Å². The molecule has 1 aliphatic carbocycles. The Kier molecular flexibility index (Phi) is 6.02. The van der Waals surface area contributed by atoms with E-state index in [9.17, 15) is 0 Å². The zero-order chi connectivity index (χ0) is 14.4. The standard InChI is InChI=1S/C16H29N3O/c1-4-9-17-12(3)10-15-18-16(19-20-15)14-8-6-7-13(5-2)11-14/h12-14,17H,4-11H2,1-3H3. The van der Waals surface area contributed by atoms with Gasteiger partial charge in [-0.25, -0.2) is 0 Å². The highest BCUT2D eigenvalue weighted by Gasteiger charge is 2.26. The van der Waals surface area contributed by atoms with E-state index in [2.05, 4.69) is 36.2 Å². The van der Waals surface area contributed by atoms with E-state index in [1.165, 1.54) is 32.1 Å². The molecule has 114 valence electrons. The molecule has 0 amide bonds. The molecule has 1 aromatic rings. The minimum absolute atomic E-state index is 0.401. The van der Waals surface area contributed by atoms with Crippen LogP contribution in [0.1, 0.15) is 76.9 Å². The van der Waals surface area contributed by atoms with Gasteiger partial charge in [-0.1, -0.05) is 38.3 Å². The Labute approximate surface area is 122 Å². The van der Waals surface area contributed by atoms with Crippen LogP contribution in [-0.2, 0) is 6.42 Å². The monoisotopic (exact) mass is 279 g/mol. The van der Waals surface area contributed by atoms with E-state index in [0.29, 0.717) is 12.0 Å². The summed E-state index contributed by atoms with van der Waals surface area (Å²) in [6.45, 7) is 7.68. The molecule has 20 heavy (non-hydrogen) atoms. The first-order valence-electron chi connectivity index (χ1n) is 8.28. The molecule has 2 rings (SSSR count). The molecular weight excluding hydrogens is 250 g/mol. The summed E-state index contributed by atoms with van der Waals surface area (Å²) in [6.07, 6.45) is 8.39. The van der Waals surface area contributed by atoms with Crippen molar-refractivity contribution in [1.82, 2.24) is 15.5 Å². The van der Waals surface area contributed by atoms with Gasteiger partial charge in [-0.2, -0.15) is 4.98 Å². The van der Waals surface area contributed by atoms with Crippen molar-refractivity contribution in [3.63, 3.8) is 0 Å². The molecule has 0 aromatic carbocycles. The van der Waals surface area contributed by atoms with E-state index in [-0.39, 0.29) is 0 Å². The third kappa shape index (κ3) is 4.30. The molecule has 4 nitrogen and oxygen atoms in total. The van der Waals surface area contributed by atoms with Gasteiger partial charge in [0.15, 0.2) is 5.82 Å². The van der Waals surface area contributed by atoms with Crippen molar-refractivity contribution in [2.45, 2.75) is 77.7 Å². The highest BCUT2D eigenvalue weighted by molar-refractivity contribution is 4.98. The van der Waals surface area contributed by atoms with E-state index < -0.39 is 0 Å². The lowest BCUT2D eigenvalue weighted by Crippen LogP contribution is -2.28. The highest BCUT2D eigenvalue weighted by atomic mass is 16.5. The Morgan fingerprint density at radius 1 is 1.35 bits per heavy atom. The number of rotatable bonds is 7. The molecule has 0 saturated heterocycles. The Balaban J connectivity index is 1.88. The van der Waals surface area contributed by atoms with Gasteiger partial charge in [0.25, 0.3) is 0 Å². The number of aromatic nitrogens is 2. The summed E-state index contributed by atoms with van der Waals surface area (Å²) in [5.41, 5.74) is 0. The summed E-state index contributed by atoms with van der Waals surface area (Å²) in [6, 6.07) is 0.401. The van der Waals surface area contributed by atoms with Crippen molar-refractivity contribution >= 4 is 0 Å². The largest absolute Gasteiger partial charge is 0.339 e. The van der Waals surface area contributed by atoms with Crippen LogP contribution in [0.2, 0.25) is 0 Å². The predicted molar refractivity (Wildman–Crippen MR) is 80.7 cm³/mol. The van der Waals surface area contributed by atoms with Gasteiger partial charge in [-0.05, 0) is 38.6 Å². The van der Waals surface area contributed by atoms with Crippen molar-refractivity contribution in [3.05, 3.63) is 11.7 Å². The fourth-order valence-corrected chi connectivity index (χ4v) is 3.14. The summed E-state index contributed by atoms with van der Waals surface area (Å²) in [5, 5.41) is 7.69. The van der Waals surface area contributed by atoms with E-state index in [0.717, 1.165) is 37.0 Å². The maximum Gasteiger partial charge on any atom is 0.228 e. The molecule has 3 atom stereocenters. The van der Waals surface area contributed by atoms with Crippen molar-refractivity contribution in [2.24, 2.45) is 5.92 Å². The Morgan fingerprint density at radius 3 is 2.95 bits per heavy atom. The van der Waals surface area contributed by atoms with Gasteiger partial charge in [0.2, 0.25) is 5.89 Å². The average Bonchev–Trinajstić information content (AvgIpc) is 2.93. The molecule has 0 spiro atoms. The molecule has 3 unspecified atom stereocenters. The molecule has 4 heteroatoms. The average molecular weight is 279 g/mol. The van der Waals surface area contributed by atoms with Crippen LogP contribution >= 0.6 is 0 Å². The smallest absolute Gasteiger partial charge is 0.228 e. The normalized spacial score (nSPS) is 24.8. The van der Waals surface area contributed by atoms with Crippen LogP contribution in [0.5, 0.6) is 0 Å². The van der Waals surface area contributed by atoms with Crippen LogP contribution in [0.25, 0.3) is 0 Å². The second kappa shape index (κ2) is 7.77. The molecule has 1 aliphatic rings. The minimum Gasteiger partial charge on any atom is -0.339 e. The SMILES string of the molecule is CCCNC(C)Cc1nc(C2CCCC(CC)C2)no1. The molecule has 0 radical (unpaired) electrons. The maximum absolute atomic E-state index is 5.44. The van der Waals surface area contributed by atoms with Gasteiger partial charge in [0, 0.05) is 18.4 Å². The van der Waals surface area contributed by atoms with Crippen molar-refractivity contribution in [2.75, 3.05) is 6.54 Å². The lowest BCUT2D eigenvalue weighted by molar-refractivity contribution is 0.297. The van der Waals surface area contributed by atoms with Crippen LogP contribution in [0.4, 0.5) is 0 Å². The molecule has 1 aromatic heterocycles. The van der Waals surface area contributed by atoms with Gasteiger partial charge in [0.1, 0.15) is 0 Å². The van der Waals surface area contributed by atoms with E-state index in [1.54, 1.807) is 0 Å². The number of nitrogens with zero attached hydrogens (tertiary/aromatic N) is 2. The molecule has 0 bridgehead atoms. The van der Waals surface area contributed by atoms with Gasteiger partial charge in [-0.3, -0.25) is 0 Å². The van der Waals surface area contributed by atoms with Crippen LogP contribution in [-0.4, -0.2) is 22.7 Å². The fraction of sp³-hybridized carbons (Fsp3) is 0.875. The quantitative estimate of drug-likeness (QED) is 0.827. The van der Waals surface area contributed by atoms with Crippen LogP contribution in [0, 0.1) is 5.92 Å². The van der Waals surface area contributed by atoms with Gasteiger partial charge < -0.3 is 9.84 Å². The lowest BCUT2D eigenvalue weighted by Gasteiger charge is -2.26. The Bertz CT molecular complexity index is 391. The Hall–Kier alpha value is -0.900. The fourth-order valence-electron chi connectivity index (χ4n) is 3.14. The second-order valence-corrected chi connectivity index (χ2v) is 6.24. The van der Waals surface area contributed by atoms with Gasteiger partial charge in [0.05, 0.1) is 0 Å². The van der Waals surface area contributed by atoms with Crippen molar-refractivity contribution < 1.29 is 4.52 Å². The summed E-state index contributed by atoms with van der Waals surface area (Å²) in [7, 11) is 0. The molecule has 1 N–H and O–H groups in total. The summed E-state index contributed by atoms with van der Waals surface area (Å²) < 4.78 is 5.44. The molecule has 1 heterocycles. The van der Waals surface area contributed by atoms with Crippen LogP contribution in [0.15, 0.2) is 4.52 Å². The molecule has 0 aliphatic heterocycles. The zero-order valence-corrected chi connectivity index (χ0v) is 13.2. The summed E-state index contributed by atoms with van der Waals surface area (Å²) in [5.74, 6) is 3.10. The van der Waals surface area contributed by atoms with Crippen molar-refractivity contribution in [1.29, 1.82) is 0 Å². The summed E-state index contributed by atoms with van der Waals surface area (Å²) in [4.78, 5) is 4.63. The molecule has 1 saturated carbocycles. The lowest BCUT2D eigenvalue weighted by atomic mass is 9.80. The van der Waals surface area contributed by atoms with E-state index in [4.69, 9.17) is 4.52 Å². The number of hydrogen-bond donors (Lipinski definition) is 1. The van der Waals surface area contributed by atoms with Gasteiger partial charge >= 0.3 is 0 Å². The zero-order valence-electron chi connectivity index (χ0n) is 13.2. The first-order valence-corrected chi connectivity index (χ1v) is 8.28. The van der Waals surface area contributed by atoms with Crippen LogP contribution in [0.3, 0.4) is 0 Å². The summed E-state index contributed by atoms with van der Waals surface area (Å²) >= 11 is 0. The predicted octanol–water partition coefficient (Wildman–Crippen LogP) is 3.68. The third-order valence-corrected chi connectivity index (χ3v) is 4.43.